The van der Waals surface area contributed by atoms with E-state index in [2.05, 4.69) is 33.1 Å². The summed E-state index contributed by atoms with van der Waals surface area (Å²) in [5, 5.41) is 3.31. The Labute approximate surface area is 278 Å². The molecule has 1 spiro atoms. The Morgan fingerprint density at radius 1 is 1.17 bits per heavy atom. The van der Waals surface area contributed by atoms with Gasteiger partial charge in [-0.1, -0.05) is 50.6 Å². The molecule has 0 radical (unpaired) electrons. The van der Waals surface area contributed by atoms with Crippen molar-refractivity contribution in [1.82, 2.24) is 10.0 Å². The number of hydrogen-bond donors (Lipinski definition) is 2. The summed E-state index contributed by atoms with van der Waals surface area (Å²) >= 11 is 6.43. The van der Waals surface area contributed by atoms with Crippen LogP contribution in [0.25, 0.3) is 0 Å². The molecule has 10 heteroatoms. The number of carbonyl (C=O) groups is 2. The number of rotatable bonds is 3. The number of nitrogens with zero attached hydrogens (tertiary/aromatic N) is 1. The lowest BCUT2D eigenvalue weighted by molar-refractivity contribution is -0.125. The van der Waals surface area contributed by atoms with E-state index >= 15 is 0 Å². The summed E-state index contributed by atoms with van der Waals surface area (Å²) in [6, 6.07) is 11.3. The molecule has 2 aromatic carbocycles. The first-order chi connectivity index (χ1) is 22.0. The molecule has 2 bridgehead atoms. The first-order valence-electron chi connectivity index (χ1n) is 16.8. The number of anilines is 1. The number of benzene rings is 2. The monoisotopic (exact) mass is 667 g/mol. The molecule has 0 aromatic heterocycles. The lowest BCUT2D eigenvalue weighted by Gasteiger charge is -2.46. The van der Waals surface area contributed by atoms with Gasteiger partial charge in [-0.05, 0) is 105 Å². The first kappa shape index (κ1) is 32.9. The fraction of sp³-hybridized carbons (Fsp3) is 0.556. The lowest BCUT2D eigenvalue weighted by Crippen LogP contribution is -2.52. The highest BCUT2D eigenvalue weighted by molar-refractivity contribution is 7.90. The van der Waals surface area contributed by atoms with Crippen LogP contribution in [-0.2, 0) is 26.7 Å². The molecule has 1 fully saturated rings. The SMILES string of the molecule is CC[C@@H]1CC/C=C\[C@H](NC(=O)C(C)C)[C@@H]2CC[C@H]2CN2C[C@@]3(CCCc4cc(Cl)ccc43)COc3ccc(cc32)C(=O)NS1(=O)=O. The average Bonchev–Trinajstić information content (AvgIpc) is 3.15. The Bertz CT molecular complexity index is 1630. The van der Waals surface area contributed by atoms with Gasteiger partial charge in [0.25, 0.3) is 5.91 Å². The third-order valence-corrected chi connectivity index (χ3v) is 12.8. The molecular formula is C36H46ClN3O5S. The Hall–Kier alpha value is -3.04. The highest BCUT2D eigenvalue weighted by atomic mass is 35.5. The van der Waals surface area contributed by atoms with Gasteiger partial charge < -0.3 is 15.0 Å². The number of sulfonamides is 1. The Morgan fingerprint density at radius 3 is 2.74 bits per heavy atom. The molecule has 2 aliphatic heterocycles. The number of nitrogens with one attached hydrogen (secondary N) is 2. The second kappa shape index (κ2) is 13.2. The van der Waals surface area contributed by atoms with Gasteiger partial charge in [0.2, 0.25) is 15.9 Å². The molecule has 5 atom stereocenters. The Morgan fingerprint density at radius 2 is 2.00 bits per heavy atom. The zero-order chi connectivity index (χ0) is 32.6. The third kappa shape index (κ3) is 6.55. The summed E-state index contributed by atoms with van der Waals surface area (Å²) in [5.74, 6) is 0.487. The zero-order valence-electron chi connectivity index (χ0n) is 27.1. The van der Waals surface area contributed by atoms with Gasteiger partial charge in [-0.3, -0.25) is 9.59 Å². The van der Waals surface area contributed by atoms with Gasteiger partial charge in [-0.15, -0.1) is 0 Å². The largest absolute Gasteiger partial charge is 0.490 e. The quantitative estimate of drug-likeness (QED) is 0.380. The van der Waals surface area contributed by atoms with Crippen LogP contribution in [0.2, 0.25) is 5.02 Å². The maximum Gasteiger partial charge on any atom is 0.264 e. The number of ether oxygens (including phenoxy) is 1. The smallest absolute Gasteiger partial charge is 0.264 e. The van der Waals surface area contributed by atoms with Crippen molar-refractivity contribution in [2.75, 3.05) is 24.6 Å². The second-order valence-corrected chi connectivity index (χ2v) is 16.4. The molecular weight excluding hydrogens is 622 g/mol. The molecule has 4 aliphatic rings. The molecule has 2 aliphatic carbocycles. The highest BCUT2D eigenvalue weighted by Gasteiger charge is 2.44. The molecule has 8 nitrogen and oxygen atoms in total. The van der Waals surface area contributed by atoms with E-state index < -0.39 is 21.2 Å². The normalized spacial score (nSPS) is 29.8. The van der Waals surface area contributed by atoms with E-state index in [4.69, 9.17) is 16.3 Å². The maximum atomic E-state index is 13.5. The summed E-state index contributed by atoms with van der Waals surface area (Å²) in [4.78, 5) is 28.8. The van der Waals surface area contributed by atoms with Crippen molar-refractivity contribution in [2.45, 2.75) is 88.8 Å². The number of fused-ring (bicyclic) bond motifs is 4. The van der Waals surface area contributed by atoms with Gasteiger partial charge in [-0.25, -0.2) is 13.1 Å². The summed E-state index contributed by atoms with van der Waals surface area (Å²) in [7, 11) is -3.91. The maximum absolute atomic E-state index is 13.5. The van der Waals surface area contributed by atoms with Crippen molar-refractivity contribution in [3.05, 3.63) is 70.3 Å². The van der Waals surface area contributed by atoms with Crippen LogP contribution >= 0.6 is 11.6 Å². The number of amides is 2. The number of carbonyl (C=O) groups excluding carboxylic acids is 2. The van der Waals surface area contributed by atoms with Crippen LogP contribution in [-0.4, -0.2) is 51.2 Å². The van der Waals surface area contributed by atoms with Crippen LogP contribution in [0.5, 0.6) is 5.75 Å². The van der Waals surface area contributed by atoms with Crippen molar-refractivity contribution in [3.8, 4) is 5.75 Å². The summed E-state index contributed by atoms with van der Waals surface area (Å²) in [6.45, 7) is 7.54. The summed E-state index contributed by atoms with van der Waals surface area (Å²) < 4.78 is 35.7. The third-order valence-electron chi connectivity index (χ3n) is 10.7. The first-order valence-corrected chi connectivity index (χ1v) is 18.8. The molecule has 1 saturated carbocycles. The van der Waals surface area contributed by atoms with E-state index in [1.54, 1.807) is 12.1 Å². The summed E-state index contributed by atoms with van der Waals surface area (Å²) in [6.07, 6.45) is 10.4. The van der Waals surface area contributed by atoms with E-state index in [1.807, 2.05) is 39.0 Å². The van der Waals surface area contributed by atoms with Crippen molar-refractivity contribution in [1.29, 1.82) is 0 Å². The zero-order valence-corrected chi connectivity index (χ0v) is 28.6. The number of aryl methyl sites for hydroxylation is 1. The van der Waals surface area contributed by atoms with Crippen LogP contribution in [0, 0.1) is 17.8 Å². The number of allylic oxidation sites excluding steroid dienone is 1. The molecule has 2 amide bonds. The van der Waals surface area contributed by atoms with E-state index in [0.717, 1.165) is 49.4 Å². The minimum Gasteiger partial charge on any atom is -0.490 e. The molecule has 2 N–H and O–H groups in total. The van der Waals surface area contributed by atoms with Gasteiger partial charge in [0.1, 0.15) is 5.75 Å². The minimum absolute atomic E-state index is 0.0148. The fourth-order valence-corrected chi connectivity index (χ4v) is 9.46. The Kier molecular flexibility index (Phi) is 9.45. The van der Waals surface area contributed by atoms with Crippen LogP contribution < -0.4 is 19.7 Å². The predicted octanol–water partition coefficient (Wildman–Crippen LogP) is 6.17. The van der Waals surface area contributed by atoms with E-state index in [0.29, 0.717) is 44.1 Å². The van der Waals surface area contributed by atoms with Crippen LogP contribution in [0.4, 0.5) is 5.69 Å². The minimum atomic E-state index is -3.91. The van der Waals surface area contributed by atoms with Crippen LogP contribution in [0.1, 0.15) is 87.2 Å². The predicted molar refractivity (Wildman–Crippen MR) is 182 cm³/mol. The second-order valence-electron chi connectivity index (χ2n) is 14.0. The fourth-order valence-electron chi connectivity index (χ4n) is 7.84. The van der Waals surface area contributed by atoms with E-state index in [1.165, 1.54) is 11.1 Å². The lowest BCUT2D eigenvalue weighted by atomic mass is 9.68. The van der Waals surface area contributed by atoms with Crippen molar-refractivity contribution in [3.63, 3.8) is 0 Å². The van der Waals surface area contributed by atoms with Gasteiger partial charge >= 0.3 is 0 Å². The summed E-state index contributed by atoms with van der Waals surface area (Å²) in [5.41, 5.74) is 3.32. The molecule has 248 valence electrons. The number of hydrogen-bond acceptors (Lipinski definition) is 6. The Balaban J connectivity index is 1.42. The van der Waals surface area contributed by atoms with Crippen molar-refractivity contribution >= 4 is 39.1 Å². The van der Waals surface area contributed by atoms with E-state index in [-0.39, 0.29) is 34.8 Å². The molecule has 2 aromatic rings. The van der Waals surface area contributed by atoms with Crippen molar-refractivity contribution < 1.29 is 22.7 Å². The van der Waals surface area contributed by atoms with Crippen LogP contribution in [0.15, 0.2) is 48.6 Å². The van der Waals surface area contributed by atoms with Gasteiger partial charge in [-0.2, -0.15) is 0 Å². The number of halogens is 1. The average molecular weight is 668 g/mol. The topological polar surface area (TPSA) is 105 Å². The van der Waals surface area contributed by atoms with Gasteiger partial charge in [0.05, 0.1) is 23.6 Å². The van der Waals surface area contributed by atoms with Crippen LogP contribution in [0.3, 0.4) is 0 Å². The van der Waals surface area contributed by atoms with Crippen molar-refractivity contribution in [2.24, 2.45) is 17.8 Å². The molecule has 0 saturated heterocycles. The molecule has 0 unspecified atom stereocenters. The van der Waals surface area contributed by atoms with Gasteiger partial charge in [0, 0.05) is 35.0 Å². The molecule has 46 heavy (non-hydrogen) atoms. The molecule has 6 rings (SSSR count). The highest BCUT2D eigenvalue weighted by Crippen LogP contribution is 2.46. The van der Waals surface area contributed by atoms with E-state index in [9.17, 15) is 18.0 Å². The van der Waals surface area contributed by atoms with Gasteiger partial charge in [0.15, 0.2) is 0 Å². The standard InChI is InChI=1S/C36H46ClN3O5S/c1-4-28-9-5-6-10-31(38-34(41)23(2)3)29-14-11-26(29)20-40-21-36(17-7-8-24-18-27(37)13-15-30(24)36)22-45-33-16-12-25(19-32(33)40)35(42)39-46(28,43)44/h6,10,12-13,15-16,18-19,23,26,28-29,31H,4-5,7-9,11,14,17,20-22H2,1-3H3,(H,38,41)(H,39,42)/b10-6-/t26-,28+,29+,31-,36-/m0/s1. The molecule has 2 heterocycles.